The number of halogens is 1. The van der Waals surface area contributed by atoms with E-state index in [1.807, 2.05) is 37.4 Å². The van der Waals surface area contributed by atoms with Crippen LogP contribution in [-0.4, -0.2) is 32.7 Å². The molecule has 0 radical (unpaired) electrons. The molecule has 0 saturated carbocycles. The molecular weight excluding hydrogens is 338 g/mol. The molecule has 0 aliphatic carbocycles. The summed E-state index contributed by atoms with van der Waals surface area (Å²) in [6.45, 7) is 1.95. The lowest BCUT2D eigenvalue weighted by Crippen LogP contribution is -2.33. The number of benzene rings is 1. The monoisotopic (exact) mass is 355 g/mol. The average molecular weight is 356 g/mol. The van der Waals surface area contributed by atoms with Gasteiger partial charge in [-0.05, 0) is 42.8 Å². The van der Waals surface area contributed by atoms with Crippen LogP contribution in [0.25, 0.3) is 5.69 Å². The van der Waals surface area contributed by atoms with Crippen LogP contribution in [0.1, 0.15) is 18.5 Å². The summed E-state index contributed by atoms with van der Waals surface area (Å²) in [5.41, 5.74) is 2.34. The number of nitrogens with zero attached hydrogens (tertiary/aromatic N) is 4. The van der Waals surface area contributed by atoms with Crippen molar-refractivity contribution in [2.75, 3.05) is 12.4 Å². The predicted molar refractivity (Wildman–Crippen MR) is 98.0 cm³/mol. The first-order valence-corrected chi connectivity index (χ1v) is 8.17. The summed E-state index contributed by atoms with van der Waals surface area (Å²) in [7, 11) is 1.74. The second kappa shape index (κ2) is 7.36. The Labute approximate surface area is 151 Å². The summed E-state index contributed by atoms with van der Waals surface area (Å²) in [6, 6.07) is 10.6. The fourth-order valence-electron chi connectivity index (χ4n) is 2.42. The van der Waals surface area contributed by atoms with Crippen LogP contribution >= 0.6 is 11.6 Å². The van der Waals surface area contributed by atoms with Gasteiger partial charge in [0, 0.05) is 37.5 Å². The first-order valence-electron chi connectivity index (χ1n) is 7.79. The Balaban J connectivity index is 1.71. The zero-order valence-corrected chi connectivity index (χ0v) is 14.7. The van der Waals surface area contributed by atoms with Crippen molar-refractivity contribution < 1.29 is 4.79 Å². The van der Waals surface area contributed by atoms with Gasteiger partial charge in [0.2, 0.25) is 0 Å². The number of hydrogen-bond donors (Lipinski definition) is 1. The highest BCUT2D eigenvalue weighted by Gasteiger charge is 2.18. The predicted octanol–water partition coefficient (Wildman–Crippen LogP) is 4.15. The van der Waals surface area contributed by atoms with Crippen molar-refractivity contribution in [2.45, 2.75) is 13.0 Å². The van der Waals surface area contributed by atoms with Crippen LogP contribution in [0.2, 0.25) is 5.02 Å². The maximum Gasteiger partial charge on any atom is 0.322 e. The Morgan fingerprint density at radius 1 is 1.28 bits per heavy atom. The van der Waals surface area contributed by atoms with Crippen molar-refractivity contribution in [1.29, 1.82) is 0 Å². The fourth-order valence-corrected chi connectivity index (χ4v) is 2.68. The Morgan fingerprint density at radius 2 is 2.12 bits per heavy atom. The molecule has 1 N–H and O–H groups in total. The lowest BCUT2D eigenvalue weighted by atomic mass is 10.1. The van der Waals surface area contributed by atoms with E-state index in [-0.39, 0.29) is 12.1 Å². The Kier molecular flexibility index (Phi) is 5.00. The van der Waals surface area contributed by atoms with Crippen LogP contribution in [0.4, 0.5) is 10.5 Å². The van der Waals surface area contributed by atoms with Gasteiger partial charge in [-0.25, -0.2) is 9.48 Å². The highest BCUT2D eigenvalue weighted by atomic mass is 35.5. The van der Waals surface area contributed by atoms with E-state index in [4.69, 9.17) is 11.6 Å². The summed E-state index contributed by atoms with van der Waals surface area (Å²) in [4.78, 5) is 18.2. The molecule has 1 unspecified atom stereocenters. The molecule has 0 aliphatic heterocycles. The molecule has 0 aliphatic rings. The topological polar surface area (TPSA) is 63.1 Å². The molecule has 128 valence electrons. The lowest BCUT2D eigenvalue weighted by Gasteiger charge is -2.25. The zero-order chi connectivity index (χ0) is 17.8. The molecule has 2 heterocycles. The van der Waals surface area contributed by atoms with E-state index in [1.54, 1.807) is 47.4 Å². The van der Waals surface area contributed by atoms with E-state index in [0.29, 0.717) is 10.7 Å². The number of hydrogen-bond acceptors (Lipinski definition) is 3. The number of carbonyl (C=O) groups excluding carboxylic acids is 1. The highest BCUT2D eigenvalue weighted by molar-refractivity contribution is 6.32. The van der Waals surface area contributed by atoms with Crippen molar-refractivity contribution in [2.24, 2.45) is 0 Å². The molecule has 1 aromatic carbocycles. The van der Waals surface area contributed by atoms with E-state index in [9.17, 15) is 4.79 Å². The second-order valence-corrected chi connectivity index (χ2v) is 6.03. The molecule has 3 aromatic rings. The molecule has 0 bridgehead atoms. The lowest BCUT2D eigenvalue weighted by molar-refractivity contribution is 0.208. The smallest absolute Gasteiger partial charge is 0.321 e. The van der Waals surface area contributed by atoms with Crippen molar-refractivity contribution in [3.63, 3.8) is 0 Å². The molecule has 6 nitrogen and oxygen atoms in total. The number of rotatable bonds is 4. The van der Waals surface area contributed by atoms with Gasteiger partial charge in [-0.2, -0.15) is 5.10 Å². The molecule has 25 heavy (non-hydrogen) atoms. The largest absolute Gasteiger partial charge is 0.322 e. The minimum atomic E-state index is -0.223. The third-order valence-electron chi connectivity index (χ3n) is 4.02. The van der Waals surface area contributed by atoms with E-state index in [0.717, 1.165) is 11.3 Å². The maximum absolute atomic E-state index is 12.5. The number of urea groups is 1. The molecular formula is C18H18ClN5O. The Bertz CT molecular complexity index is 851. The number of nitrogens with one attached hydrogen (secondary N) is 1. The number of anilines is 1. The van der Waals surface area contributed by atoms with Crippen LogP contribution in [0, 0.1) is 0 Å². The molecule has 0 fully saturated rings. The molecule has 0 spiro atoms. The van der Waals surface area contributed by atoms with E-state index < -0.39 is 0 Å². The Morgan fingerprint density at radius 3 is 2.76 bits per heavy atom. The quantitative estimate of drug-likeness (QED) is 0.764. The zero-order valence-electron chi connectivity index (χ0n) is 13.9. The first-order chi connectivity index (χ1) is 12.1. The normalized spacial score (nSPS) is 11.8. The fraction of sp³-hybridized carbons (Fsp3) is 0.167. The van der Waals surface area contributed by atoms with Gasteiger partial charge < -0.3 is 10.2 Å². The molecule has 3 rings (SSSR count). The van der Waals surface area contributed by atoms with Gasteiger partial charge in [0.1, 0.15) is 0 Å². The van der Waals surface area contributed by atoms with Gasteiger partial charge in [0.25, 0.3) is 0 Å². The average Bonchev–Trinajstić information content (AvgIpc) is 3.15. The van der Waals surface area contributed by atoms with Crippen molar-refractivity contribution >= 4 is 23.3 Å². The number of aromatic nitrogens is 3. The first kappa shape index (κ1) is 17.0. The van der Waals surface area contributed by atoms with Crippen LogP contribution in [0.15, 0.2) is 61.2 Å². The van der Waals surface area contributed by atoms with E-state index >= 15 is 0 Å². The van der Waals surface area contributed by atoms with Gasteiger partial charge in [0.15, 0.2) is 0 Å². The summed E-state index contributed by atoms with van der Waals surface area (Å²) in [6.07, 6.45) is 6.95. The number of amides is 2. The van der Waals surface area contributed by atoms with Gasteiger partial charge >= 0.3 is 6.03 Å². The number of pyridine rings is 1. The van der Waals surface area contributed by atoms with Crippen molar-refractivity contribution in [1.82, 2.24) is 19.7 Å². The molecule has 1 atom stereocenters. The summed E-state index contributed by atoms with van der Waals surface area (Å²) in [5.74, 6) is 0. The van der Waals surface area contributed by atoms with Crippen LogP contribution in [-0.2, 0) is 0 Å². The van der Waals surface area contributed by atoms with Crippen molar-refractivity contribution in [3.05, 3.63) is 71.8 Å². The summed E-state index contributed by atoms with van der Waals surface area (Å²) in [5, 5.41) is 7.52. The highest BCUT2D eigenvalue weighted by Crippen LogP contribution is 2.25. The third kappa shape index (κ3) is 3.80. The number of carbonyl (C=O) groups is 1. The maximum atomic E-state index is 12.5. The van der Waals surface area contributed by atoms with Crippen LogP contribution in [0.5, 0.6) is 0 Å². The molecule has 7 heteroatoms. The van der Waals surface area contributed by atoms with Gasteiger partial charge in [-0.3, -0.25) is 4.98 Å². The second-order valence-electron chi connectivity index (χ2n) is 5.62. The summed E-state index contributed by atoms with van der Waals surface area (Å²) >= 11 is 6.31. The van der Waals surface area contributed by atoms with E-state index in [2.05, 4.69) is 15.4 Å². The molecule has 2 amide bonds. The summed E-state index contributed by atoms with van der Waals surface area (Å²) < 4.78 is 1.67. The molecule has 0 saturated heterocycles. The van der Waals surface area contributed by atoms with Gasteiger partial charge in [-0.15, -0.1) is 0 Å². The van der Waals surface area contributed by atoms with Gasteiger partial charge in [-0.1, -0.05) is 17.7 Å². The minimum Gasteiger partial charge on any atom is -0.321 e. The van der Waals surface area contributed by atoms with Crippen LogP contribution < -0.4 is 5.32 Å². The SMILES string of the molecule is CC(c1cccnc1)N(C)C(=O)Nc1ccc(-n2cccn2)c(Cl)c1. The minimum absolute atomic E-state index is 0.104. The van der Waals surface area contributed by atoms with Crippen LogP contribution in [0.3, 0.4) is 0 Å². The Hall–Kier alpha value is -2.86. The van der Waals surface area contributed by atoms with E-state index in [1.165, 1.54) is 0 Å². The van der Waals surface area contributed by atoms with Crippen molar-refractivity contribution in [3.8, 4) is 5.69 Å². The standard InChI is InChI=1S/C18H18ClN5O/c1-13(14-5-3-8-20-12-14)23(2)18(25)22-15-6-7-17(16(19)11-15)24-10-4-9-21-24/h3-13H,1-2H3,(H,22,25). The third-order valence-corrected chi connectivity index (χ3v) is 4.32. The molecule has 2 aromatic heterocycles. The van der Waals surface area contributed by atoms with Gasteiger partial charge in [0.05, 0.1) is 16.8 Å².